The molecule has 0 atom stereocenters. The van der Waals surface area contributed by atoms with Crippen molar-refractivity contribution in [3.05, 3.63) is 24.0 Å². The van der Waals surface area contributed by atoms with Gasteiger partial charge in [-0.2, -0.15) is 0 Å². The van der Waals surface area contributed by atoms with Gasteiger partial charge >= 0.3 is 0 Å². The maximum absolute atomic E-state index is 13.1. The summed E-state index contributed by atoms with van der Waals surface area (Å²) in [5, 5.41) is 2.64. The first-order chi connectivity index (χ1) is 7.55. The third-order valence-corrected chi connectivity index (χ3v) is 2.65. The summed E-state index contributed by atoms with van der Waals surface area (Å²) in [6.07, 6.45) is 1.38. The van der Waals surface area contributed by atoms with Gasteiger partial charge in [-0.05, 0) is 25.0 Å². The lowest BCUT2D eigenvalue weighted by Gasteiger charge is -2.11. The van der Waals surface area contributed by atoms with Gasteiger partial charge in [-0.3, -0.25) is 4.79 Å². The fourth-order valence-electron chi connectivity index (χ4n) is 1.35. The SMILES string of the molecule is COc1cc(NC(=O)C2(N)CC2)ccc1F. The number of hydrogen-bond acceptors (Lipinski definition) is 3. The lowest BCUT2D eigenvalue weighted by Crippen LogP contribution is -2.37. The topological polar surface area (TPSA) is 64.3 Å². The molecule has 1 aromatic rings. The van der Waals surface area contributed by atoms with E-state index in [1.165, 1.54) is 25.3 Å². The van der Waals surface area contributed by atoms with E-state index in [9.17, 15) is 9.18 Å². The van der Waals surface area contributed by atoms with Crippen molar-refractivity contribution in [2.75, 3.05) is 12.4 Å². The van der Waals surface area contributed by atoms with Crippen molar-refractivity contribution in [2.24, 2.45) is 5.73 Å². The standard InChI is InChI=1S/C11H13FN2O2/c1-16-9-6-7(2-3-8(9)12)14-10(15)11(13)4-5-11/h2-3,6H,4-5,13H2,1H3,(H,14,15). The van der Waals surface area contributed by atoms with Crippen LogP contribution in [0, 0.1) is 5.82 Å². The Morgan fingerprint density at radius 2 is 2.25 bits per heavy atom. The Hall–Kier alpha value is -1.62. The summed E-state index contributed by atoms with van der Waals surface area (Å²) in [6, 6.07) is 4.14. The first-order valence-corrected chi connectivity index (χ1v) is 4.99. The van der Waals surface area contributed by atoms with E-state index in [4.69, 9.17) is 10.5 Å². The average molecular weight is 224 g/mol. The minimum Gasteiger partial charge on any atom is -0.494 e. The van der Waals surface area contributed by atoms with Crippen molar-refractivity contribution in [2.45, 2.75) is 18.4 Å². The largest absolute Gasteiger partial charge is 0.494 e. The summed E-state index contributed by atoms with van der Waals surface area (Å²) in [4.78, 5) is 11.6. The third-order valence-electron chi connectivity index (χ3n) is 2.65. The molecule has 3 N–H and O–H groups in total. The highest BCUT2D eigenvalue weighted by Gasteiger charge is 2.45. The fraction of sp³-hybridized carbons (Fsp3) is 0.364. The highest BCUT2D eigenvalue weighted by atomic mass is 19.1. The van der Waals surface area contributed by atoms with Gasteiger partial charge in [-0.1, -0.05) is 0 Å². The number of carbonyl (C=O) groups is 1. The molecule has 1 saturated carbocycles. The quantitative estimate of drug-likeness (QED) is 0.812. The molecular weight excluding hydrogens is 211 g/mol. The van der Waals surface area contributed by atoms with Gasteiger partial charge in [0.25, 0.3) is 0 Å². The number of benzene rings is 1. The van der Waals surface area contributed by atoms with E-state index in [1.807, 2.05) is 0 Å². The van der Waals surface area contributed by atoms with Crippen LogP contribution >= 0.6 is 0 Å². The van der Waals surface area contributed by atoms with Gasteiger partial charge in [-0.15, -0.1) is 0 Å². The molecule has 1 aliphatic rings. The van der Waals surface area contributed by atoms with Gasteiger partial charge < -0.3 is 15.8 Å². The van der Waals surface area contributed by atoms with Crippen molar-refractivity contribution in [1.29, 1.82) is 0 Å². The van der Waals surface area contributed by atoms with Crippen LogP contribution in [0.1, 0.15) is 12.8 Å². The minimum atomic E-state index is -0.735. The number of amides is 1. The summed E-state index contributed by atoms with van der Waals surface area (Å²) >= 11 is 0. The zero-order valence-corrected chi connectivity index (χ0v) is 8.92. The first-order valence-electron chi connectivity index (χ1n) is 4.99. The van der Waals surface area contributed by atoms with Crippen LogP contribution in [0.2, 0.25) is 0 Å². The minimum absolute atomic E-state index is 0.0969. The Balaban J connectivity index is 2.12. The van der Waals surface area contributed by atoms with Crippen molar-refractivity contribution >= 4 is 11.6 Å². The number of carbonyl (C=O) groups excluding carboxylic acids is 1. The summed E-state index contributed by atoms with van der Waals surface area (Å²) in [5.41, 5.74) is 5.47. The second-order valence-corrected chi connectivity index (χ2v) is 3.96. The molecule has 5 heteroatoms. The first kappa shape index (κ1) is 10.9. The van der Waals surface area contributed by atoms with E-state index in [1.54, 1.807) is 0 Å². The second-order valence-electron chi connectivity index (χ2n) is 3.96. The predicted octanol–water partition coefficient (Wildman–Crippen LogP) is 1.26. The molecule has 1 aliphatic carbocycles. The lowest BCUT2D eigenvalue weighted by molar-refractivity contribution is -0.118. The number of ether oxygens (including phenoxy) is 1. The van der Waals surface area contributed by atoms with E-state index in [2.05, 4.69) is 5.32 Å². The molecule has 1 amide bonds. The molecule has 0 aromatic heterocycles. The molecule has 0 bridgehead atoms. The predicted molar refractivity (Wildman–Crippen MR) is 57.7 cm³/mol. The van der Waals surface area contributed by atoms with Gasteiger partial charge in [0.05, 0.1) is 12.6 Å². The molecule has 1 fully saturated rings. The number of halogens is 1. The van der Waals surface area contributed by atoms with Crippen LogP contribution in [0.25, 0.3) is 0 Å². The Morgan fingerprint density at radius 3 is 2.81 bits per heavy atom. The normalized spacial score (nSPS) is 16.7. The Bertz CT molecular complexity index is 430. The summed E-state index contributed by atoms with van der Waals surface area (Å²) in [6.45, 7) is 0. The molecule has 1 aromatic carbocycles. The number of anilines is 1. The van der Waals surface area contributed by atoms with Gasteiger partial charge in [0.15, 0.2) is 11.6 Å². The monoisotopic (exact) mass is 224 g/mol. The maximum Gasteiger partial charge on any atom is 0.244 e. The number of nitrogens with one attached hydrogen (secondary N) is 1. The van der Waals surface area contributed by atoms with Crippen molar-refractivity contribution in [3.63, 3.8) is 0 Å². The summed E-state index contributed by atoms with van der Waals surface area (Å²) in [5.74, 6) is -0.602. The van der Waals surface area contributed by atoms with Crippen LogP contribution in [0.5, 0.6) is 5.75 Å². The van der Waals surface area contributed by atoms with Crippen molar-refractivity contribution < 1.29 is 13.9 Å². The Morgan fingerprint density at radius 1 is 1.56 bits per heavy atom. The number of nitrogens with two attached hydrogens (primary N) is 1. The fourth-order valence-corrected chi connectivity index (χ4v) is 1.35. The van der Waals surface area contributed by atoms with Gasteiger partial charge in [0.1, 0.15) is 0 Å². The van der Waals surface area contributed by atoms with Gasteiger partial charge in [-0.25, -0.2) is 4.39 Å². The molecule has 0 saturated heterocycles. The molecule has 16 heavy (non-hydrogen) atoms. The van der Waals surface area contributed by atoms with Crippen LogP contribution in [0.15, 0.2) is 18.2 Å². The molecule has 2 rings (SSSR count). The summed E-state index contributed by atoms with van der Waals surface area (Å²) < 4.78 is 17.9. The molecule has 0 radical (unpaired) electrons. The molecule has 0 aliphatic heterocycles. The average Bonchev–Trinajstić information content (AvgIpc) is 3.01. The van der Waals surface area contributed by atoms with E-state index in [0.29, 0.717) is 18.5 Å². The third kappa shape index (κ3) is 1.99. The molecule has 0 unspecified atom stereocenters. The summed E-state index contributed by atoms with van der Waals surface area (Å²) in [7, 11) is 1.37. The zero-order valence-electron chi connectivity index (χ0n) is 8.92. The van der Waals surface area contributed by atoms with Crippen LogP contribution < -0.4 is 15.8 Å². The highest BCUT2D eigenvalue weighted by molar-refractivity contribution is 6.00. The maximum atomic E-state index is 13.1. The number of hydrogen-bond donors (Lipinski definition) is 2. The highest BCUT2D eigenvalue weighted by Crippen LogP contribution is 2.33. The molecule has 0 spiro atoms. The van der Waals surface area contributed by atoms with Crippen LogP contribution in [-0.4, -0.2) is 18.6 Å². The second kappa shape index (κ2) is 3.75. The van der Waals surface area contributed by atoms with Crippen LogP contribution in [0.3, 0.4) is 0 Å². The Kier molecular flexibility index (Phi) is 2.55. The van der Waals surface area contributed by atoms with E-state index in [-0.39, 0.29) is 11.7 Å². The molecular formula is C11H13FN2O2. The molecule has 86 valence electrons. The zero-order chi connectivity index (χ0) is 11.8. The van der Waals surface area contributed by atoms with E-state index >= 15 is 0 Å². The van der Waals surface area contributed by atoms with Gasteiger partial charge in [0.2, 0.25) is 5.91 Å². The van der Waals surface area contributed by atoms with Crippen molar-refractivity contribution in [3.8, 4) is 5.75 Å². The number of methoxy groups -OCH3 is 1. The van der Waals surface area contributed by atoms with E-state index < -0.39 is 11.4 Å². The Labute approximate surface area is 92.6 Å². The smallest absolute Gasteiger partial charge is 0.244 e. The molecule has 4 nitrogen and oxygen atoms in total. The molecule has 0 heterocycles. The number of rotatable bonds is 3. The van der Waals surface area contributed by atoms with Crippen molar-refractivity contribution in [1.82, 2.24) is 0 Å². The van der Waals surface area contributed by atoms with E-state index in [0.717, 1.165) is 0 Å². The van der Waals surface area contributed by atoms with Gasteiger partial charge in [0, 0.05) is 11.8 Å². The van der Waals surface area contributed by atoms with Crippen LogP contribution in [-0.2, 0) is 4.79 Å². The lowest BCUT2D eigenvalue weighted by atomic mass is 10.2. The van der Waals surface area contributed by atoms with Crippen LogP contribution in [0.4, 0.5) is 10.1 Å².